The Morgan fingerprint density at radius 3 is 2.96 bits per heavy atom. The number of aromatic nitrogens is 2. The van der Waals surface area contributed by atoms with Gasteiger partial charge in [0.15, 0.2) is 0 Å². The van der Waals surface area contributed by atoms with E-state index in [-0.39, 0.29) is 5.91 Å². The number of aryl methyl sites for hydroxylation is 1. The molecule has 0 spiro atoms. The second kappa shape index (κ2) is 8.70. The van der Waals surface area contributed by atoms with Gasteiger partial charge >= 0.3 is 0 Å². The molecular formula is C20H27N3O2. The van der Waals surface area contributed by atoms with E-state index in [9.17, 15) is 4.79 Å². The molecule has 1 amide bonds. The summed E-state index contributed by atoms with van der Waals surface area (Å²) in [4.78, 5) is 19.0. The first kappa shape index (κ1) is 17.5. The lowest BCUT2D eigenvalue weighted by molar-refractivity contribution is -0.132. The van der Waals surface area contributed by atoms with Crippen molar-refractivity contribution in [3.05, 3.63) is 48.5 Å². The summed E-state index contributed by atoms with van der Waals surface area (Å²) >= 11 is 0. The average molecular weight is 341 g/mol. The number of nitrogens with zero attached hydrogens (tertiary/aromatic N) is 3. The van der Waals surface area contributed by atoms with E-state index in [4.69, 9.17) is 4.74 Å². The molecule has 1 aromatic heterocycles. The molecule has 0 saturated carbocycles. The summed E-state index contributed by atoms with van der Waals surface area (Å²) in [6, 6.07) is 9.75. The minimum Gasteiger partial charge on any atom is -0.494 e. The number of benzene rings is 1. The Hall–Kier alpha value is -2.30. The van der Waals surface area contributed by atoms with Crippen molar-refractivity contribution in [2.24, 2.45) is 0 Å². The maximum atomic E-state index is 12.5. The van der Waals surface area contributed by atoms with Crippen molar-refractivity contribution >= 4 is 5.91 Å². The molecule has 1 atom stereocenters. The molecule has 1 aromatic carbocycles. The van der Waals surface area contributed by atoms with E-state index in [0.29, 0.717) is 18.9 Å². The number of likely N-dealkylation sites (tertiary alicyclic amines) is 1. The van der Waals surface area contributed by atoms with Gasteiger partial charge in [-0.2, -0.15) is 0 Å². The second-order valence-electron chi connectivity index (χ2n) is 6.52. The van der Waals surface area contributed by atoms with Crippen LogP contribution in [-0.2, 0) is 11.3 Å². The number of imidazole rings is 1. The van der Waals surface area contributed by atoms with Crippen molar-refractivity contribution in [2.75, 3.05) is 19.7 Å². The molecule has 0 aliphatic carbocycles. The van der Waals surface area contributed by atoms with Gasteiger partial charge in [0.05, 0.1) is 6.61 Å². The molecule has 1 unspecified atom stereocenters. The summed E-state index contributed by atoms with van der Waals surface area (Å²) in [7, 11) is 0. The van der Waals surface area contributed by atoms with Gasteiger partial charge in [-0.1, -0.05) is 18.2 Å². The molecule has 1 aliphatic rings. The number of hydrogen-bond donors (Lipinski definition) is 0. The van der Waals surface area contributed by atoms with Crippen LogP contribution in [0.3, 0.4) is 0 Å². The van der Waals surface area contributed by atoms with Crippen LogP contribution in [0.4, 0.5) is 0 Å². The Balaban J connectivity index is 1.45. The van der Waals surface area contributed by atoms with Gasteiger partial charge in [0.2, 0.25) is 5.91 Å². The summed E-state index contributed by atoms with van der Waals surface area (Å²) in [5.41, 5.74) is 0. The molecule has 2 aromatic rings. The van der Waals surface area contributed by atoms with Gasteiger partial charge in [-0.05, 0) is 38.3 Å². The van der Waals surface area contributed by atoms with Crippen LogP contribution >= 0.6 is 0 Å². The van der Waals surface area contributed by atoms with E-state index in [1.807, 2.05) is 47.6 Å². The molecule has 134 valence electrons. The van der Waals surface area contributed by atoms with Gasteiger partial charge in [-0.25, -0.2) is 4.98 Å². The molecule has 3 rings (SSSR count). The molecule has 0 radical (unpaired) electrons. The van der Waals surface area contributed by atoms with Gasteiger partial charge < -0.3 is 14.2 Å². The van der Waals surface area contributed by atoms with Crippen LogP contribution in [0.5, 0.6) is 5.75 Å². The van der Waals surface area contributed by atoms with Crippen LogP contribution < -0.4 is 4.74 Å². The van der Waals surface area contributed by atoms with Gasteiger partial charge in [0, 0.05) is 44.4 Å². The first-order valence-electron chi connectivity index (χ1n) is 9.24. The van der Waals surface area contributed by atoms with Crippen LogP contribution in [0.25, 0.3) is 0 Å². The van der Waals surface area contributed by atoms with Gasteiger partial charge in [-0.15, -0.1) is 0 Å². The third kappa shape index (κ3) is 4.62. The standard InChI is InChI=1S/C20H27N3O2/c1-2-22-14-12-21-20(22)17-8-6-13-23(16-17)19(24)11-7-15-25-18-9-4-3-5-10-18/h3-5,9-10,12,14,17H,2,6-8,11,13,15-16H2,1H3. The number of carbonyl (C=O) groups excluding carboxylic acids is 1. The number of carbonyl (C=O) groups is 1. The van der Waals surface area contributed by atoms with E-state index >= 15 is 0 Å². The van der Waals surface area contributed by atoms with Crippen molar-refractivity contribution in [3.8, 4) is 5.75 Å². The highest BCUT2D eigenvalue weighted by atomic mass is 16.5. The van der Waals surface area contributed by atoms with Crippen LogP contribution in [-0.4, -0.2) is 40.1 Å². The maximum absolute atomic E-state index is 12.5. The Labute approximate surface area is 149 Å². The SMILES string of the molecule is CCn1ccnc1C1CCCN(C(=O)CCCOc2ccccc2)C1. The van der Waals surface area contributed by atoms with Crippen LogP contribution in [0.1, 0.15) is 44.3 Å². The predicted octanol–water partition coefficient (Wildman–Crippen LogP) is 3.47. The smallest absolute Gasteiger partial charge is 0.222 e. The summed E-state index contributed by atoms with van der Waals surface area (Å²) in [5.74, 6) is 2.57. The summed E-state index contributed by atoms with van der Waals surface area (Å²) < 4.78 is 7.86. The number of piperidine rings is 1. The largest absolute Gasteiger partial charge is 0.494 e. The van der Waals surface area contributed by atoms with Crippen molar-refractivity contribution in [1.29, 1.82) is 0 Å². The maximum Gasteiger partial charge on any atom is 0.222 e. The Morgan fingerprint density at radius 2 is 2.16 bits per heavy atom. The van der Waals surface area contributed by atoms with Gasteiger partial charge in [0.1, 0.15) is 11.6 Å². The van der Waals surface area contributed by atoms with Crippen LogP contribution in [0.2, 0.25) is 0 Å². The lowest BCUT2D eigenvalue weighted by Crippen LogP contribution is -2.39. The third-order valence-corrected chi connectivity index (χ3v) is 4.77. The quantitative estimate of drug-likeness (QED) is 0.725. The fourth-order valence-corrected chi connectivity index (χ4v) is 3.45. The number of hydrogen-bond acceptors (Lipinski definition) is 3. The van der Waals surface area contributed by atoms with Crippen molar-refractivity contribution < 1.29 is 9.53 Å². The Kier molecular flexibility index (Phi) is 6.09. The molecule has 5 heteroatoms. The third-order valence-electron chi connectivity index (χ3n) is 4.77. The van der Waals surface area contributed by atoms with Crippen molar-refractivity contribution in [1.82, 2.24) is 14.5 Å². The first-order chi connectivity index (χ1) is 12.3. The molecule has 1 saturated heterocycles. The molecule has 25 heavy (non-hydrogen) atoms. The van der Waals surface area contributed by atoms with E-state index < -0.39 is 0 Å². The minimum atomic E-state index is 0.232. The van der Waals surface area contributed by atoms with Crippen LogP contribution in [0, 0.1) is 0 Å². The second-order valence-corrected chi connectivity index (χ2v) is 6.52. The van der Waals surface area contributed by atoms with Crippen molar-refractivity contribution in [3.63, 3.8) is 0 Å². The topological polar surface area (TPSA) is 47.4 Å². The van der Waals surface area contributed by atoms with E-state index in [1.165, 1.54) is 0 Å². The zero-order chi connectivity index (χ0) is 17.5. The molecule has 0 bridgehead atoms. The highest BCUT2D eigenvalue weighted by Crippen LogP contribution is 2.26. The summed E-state index contributed by atoms with van der Waals surface area (Å²) in [5, 5.41) is 0. The summed E-state index contributed by atoms with van der Waals surface area (Å²) in [6.45, 7) is 5.28. The first-order valence-corrected chi connectivity index (χ1v) is 9.24. The predicted molar refractivity (Wildman–Crippen MR) is 97.6 cm³/mol. The Bertz CT molecular complexity index is 669. The molecule has 0 N–H and O–H groups in total. The number of amides is 1. The van der Waals surface area contributed by atoms with Crippen LogP contribution in [0.15, 0.2) is 42.7 Å². The zero-order valence-corrected chi connectivity index (χ0v) is 14.9. The van der Waals surface area contributed by atoms with E-state index in [2.05, 4.69) is 16.5 Å². The van der Waals surface area contributed by atoms with Crippen molar-refractivity contribution in [2.45, 2.75) is 45.1 Å². The monoisotopic (exact) mass is 341 g/mol. The highest BCUT2D eigenvalue weighted by Gasteiger charge is 2.26. The lowest BCUT2D eigenvalue weighted by Gasteiger charge is -2.32. The minimum absolute atomic E-state index is 0.232. The van der Waals surface area contributed by atoms with Gasteiger partial charge in [-0.3, -0.25) is 4.79 Å². The number of para-hydroxylation sites is 1. The fraction of sp³-hybridized carbons (Fsp3) is 0.500. The van der Waals surface area contributed by atoms with Gasteiger partial charge in [0.25, 0.3) is 0 Å². The molecule has 5 nitrogen and oxygen atoms in total. The zero-order valence-electron chi connectivity index (χ0n) is 14.9. The van der Waals surface area contributed by atoms with E-state index in [1.54, 1.807) is 0 Å². The summed E-state index contributed by atoms with van der Waals surface area (Å²) in [6.07, 6.45) is 7.34. The average Bonchev–Trinajstić information content (AvgIpc) is 3.15. The Morgan fingerprint density at radius 1 is 1.32 bits per heavy atom. The normalized spacial score (nSPS) is 17.5. The highest BCUT2D eigenvalue weighted by molar-refractivity contribution is 5.76. The number of rotatable bonds is 7. The molecule has 1 fully saturated rings. The molecule has 1 aliphatic heterocycles. The molecular weight excluding hydrogens is 314 g/mol. The number of ether oxygens (including phenoxy) is 1. The van der Waals surface area contributed by atoms with E-state index in [0.717, 1.165) is 50.5 Å². The lowest BCUT2D eigenvalue weighted by atomic mass is 9.96. The fourth-order valence-electron chi connectivity index (χ4n) is 3.45. The molecule has 2 heterocycles.